The van der Waals surface area contributed by atoms with Crippen LogP contribution in [0, 0.1) is 6.92 Å². The van der Waals surface area contributed by atoms with E-state index in [2.05, 4.69) is 20.6 Å². The van der Waals surface area contributed by atoms with E-state index in [0.29, 0.717) is 12.3 Å². The van der Waals surface area contributed by atoms with Crippen molar-refractivity contribution in [3.8, 4) is 0 Å². The molecule has 0 saturated heterocycles. The highest BCUT2D eigenvalue weighted by Gasteiger charge is 2.21. The summed E-state index contributed by atoms with van der Waals surface area (Å²) in [4.78, 5) is 30.2. The Balaban J connectivity index is 0.00000200. The number of hydrogen-bond acceptors (Lipinski definition) is 5. The van der Waals surface area contributed by atoms with E-state index in [1.54, 1.807) is 6.92 Å². The van der Waals surface area contributed by atoms with E-state index in [1.165, 1.54) is 6.33 Å². The number of aromatic amines is 1. The van der Waals surface area contributed by atoms with Gasteiger partial charge in [-0.05, 0) is 20.9 Å². The fourth-order valence-corrected chi connectivity index (χ4v) is 1.76. The summed E-state index contributed by atoms with van der Waals surface area (Å²) in [6.45, 7) is 4.03. The SMILES string of the molecule is CNC(C)CNC(=O)c1c(C)oc2nc[nH]c(=O)c12.Cl. The van der Waals surface area contributed by atoms with Crippen LogP contribution in [0.2, 0.25) is 0 Å². The third-order valence-electron chi connectivity index (χ3n) is 2.96. The number of furan rings is 1. The molecule has 1 unspecified atom stereocenters. The van der Waals surface area contributed by atoms with Crippen LogP contribution in [0.3, 0.4) is 0 Å². The Labute approximate surface area is 121 Å². The molecule has 1 amide bonds. The van der Waals surface area contributed by atoms with Gasteiger partial charge in [0.15, 0.2) is 0 Å². The molecule has 2 heterocycles. The van der Waals surface area contributed by atoms with E-state index >= 15 is 0 Å². The molecule has 2 aromatic heterocycles. The van der Waals surface area contributed by atoms with Crippen molar-refractivity contribution >= 4 is 29.4 Å². The van der Waals surface area contributed by atoms with Gasteiger partial charge in [0.1, 0.15) is 11.1 Å². The average Bonchev–Trinajstić information content (AvgIpc) is 2.73. The van der Waals surface area contributed by atoms with Gasteiger partial charge in [-0.2, -0.15) is 0 Å². The zero-order chi connectivity index (χ0) is 14.0. The van der Waals surface area contributed by atoms with Crippen molar-refractivity contribution in [1.82, 2.24) is 20.6 Å². The molecule has 0 spiro atoms. The lowest BCUT2D eigenvalue weighted by molar-refractivity contribution is 0.0950. The van der Waals surface area contributed by atoms with E-state index in [9.17, 15) is 9.59 Å². The Hall–Kier alpha value is -1.86. The van der Waals surface area contributed by atoms with Gasteiger partial charge in [0, 0.05) is 12.6 Å². The first-order valence-corrected chi connectivity index (χ1v) is 5.96. The average molecular weight is 301 g/mol. The van der Waals surface area contributed by atoms with Crippen LogP contribution in [-0.2, 0) is 0 Å². The minimum Gasteiger partial charge on any atom is -0.442 e. The minimum absolute atomic E-state index is 0. The third-order valence-corrected chi connectivity index (χ3v) is 2.96. The molecule has 0 bridgehead atoms. The third kappa shape index (κ3) is 3.00. The first kappa shape index (κ1) is 16.2. The highest BCUT2D eigenvalue weighted by molar-refractivity contribution is 6.06. The molecule has 110 valence electrons. The molecule has 0 aliphatic carbocycles. The molecule has 1 atom stereocenters. The Bertz CT molecular complexity index is 664. The van der Waals surface area contributed by atoms with E-state index in [0.717, 1.165) is 0 Å². The number of amides is 1. The molecule has 0 radical (unpaired) electrons. The maximum absolute atomic E-state index is 12.1. The lowest BCUT2D eigenvalue weighted by Gasteiger charge is -2.10. The van der Waals surface area contributed by atoms with Gasteiger partial charge in [-0.25, -0.2) is 4.98 Å². The Morgan fingerprint density at radius 2 is 2.25 bits per heavy atom. The summed E-state index contributed by atoms with van der Waals surface area (Å²) in [5, 5.41) is 5.95. The smallest absolute Gasteiger partial charge is 0.262 e. The highest BCUT2D eigenvalue weighted by atomic mass is 35.5. The number of nitrogens with zero attached hydrogens (tertiary/aromatic N) is 1. The lowest BCUT2D eigenvalue weighted by Crippen LogP contribution is -2.37. The first-order chi connectivity index (χ1) is 9.04. The molecular weight excluding hydrogens is 284 g/mol. The van der Waals surface area contributed by atoms with Gasteiger partial charge >= 0.3 is 0 Å². The summed E-state index contributed by atoms with van der Waals surface area (Å²) < 4.78 is 5.33. The number of fused-ring (bicyclic) bond motifs is 1. The summed E-state index contributed by atoms with van der Waals surface area (Å²) in [6.07, 6.45) is 1.25. The van der Waals surface area contributed by atoms with Crippen LogP contribution in [-0.4, -0.2) is 35.5 Å². The van der Waals surface area contributed by atoms with Gasteiger partial charge in [0.2, 0.25) is 5.71 Å². The van der Waals surface area contributed by atoms with Crippen molar-refractivity contribution in [3.63, 3.8) is 0 Å². The topological polar surface area (TPSA) is 100 Å². The molecule has 3 N–H and O–H groups in total. The van der Waals surface area contributed by atoms with E-state index in [1.807, 2.05) is 14.0 Å². The fraction of sp³-hybridized carbons (Fsp3) is 0.417. The van der Waals surface area contributed by atoms with Crippen molar-refractivity contribution in [2.45, 2.75) is 19.9 Å². The normalized spacial score (nSPS) is 11.9. The van der Waals surface area contributed by atoms with Crippen LogP contribution in [0.15, 0.2) is 15.5 Å². The molecule has 0 aromatic carbocycles. The number of halogens is 1. The van der Waals surface area contributed by atoms with Gasteiger partial charge in [-0.3, -0.25) is 9.59 Å². The van der Waals surface area contributed by atoms with Crippen molar-refractivity contribution in [1.29, 1.82) is 0 Å². The minimum atomic E-state index is -0.381. The maximum atomic E-state index is 12.1. The number of aryl methyl sites for hydroxylation is 1. The summed E-state index contributed by atoms with van der Waals surface area (Å²) in [5.41, 5.74) is 0.0365. The largest absolute Gasteiger partial charge is 0.442 e. The second-order valence-electron chi connectivity index (χ2n) is 4.34. The number of H-pyrrole nitrogens is 1. The van der Waals surface area contributed by atoms with Crippen LogP contribution in [0.4, 0.5) is 0 Å². The Morgan fingerprint density at radius 1 is 1.55 bits per heavy atom. The number of hydrogen-bond donors (Lipinski definition) is 3. The van der Waals surface area contributed by atoms with Crippen molar-refractivity contribution < 1.29 is 9.21 Å². The number of carbonyl (C=O) groups excluding carboxylic acids is 1. The molecule has 2 aromatic rings. The number of likely N-dealkylation sites (N-methyl/N-ethyl adjacent to an activating group) is 1. The molecular formula is C12H17ClN4O3. The van der Waals surface area contributed by atoms with E-state index in [4.69, 9.17) is 4.42 Å². The summed E-state index contributed by atoms with van der Waals surface area (Å²) in [5.74, 6) is 0.0469. The van der Waals surface area contributed by atoms with Crippen LogP contribution >= 0.6 is 12.4 Å². The van der Waals surface area contributed by atoms with Crippen LogP contribution < -0.4 is 16.2 Å². The number of aromatic nitrogens is 2. The summed E-state index contributed by atoms with van der Waals surface area (Å²) >= 11 is 0. The van der Waals surface area contributed by atoms with Crippen molar-refractivity contribution in [2.24, 2.45) is 0 Å². The number of rotatable bonds is 4. The molecule has 0 aliphatic rings. The van der Waals surface area contributed by atoms with Crippen LogP contribution in [0.5, 0.6) is 0 Å². The summed E-state index contributed by atoms with van der Waals surface area (Å²) in [6, 6.07) is 0.138. The molecule has 0 saturated carbocycles. The first-order valence-electron chi connectivity index (χ1n) is 5.96. The van der Waals surface area contributed by atoms with Gasteiger partial charge in [0.05, 0.1) is 11.9 Å². The van der Waals surface area contributed by atoms with Crippen LogP contribution in [0.1, 0.15) is 23.0 Å². The maximum Gasteiger partial charge on any atom is 0.262 e. The van der Waals surface area contributed by atoms with Crippen molar-refractivity contribution in [2.75, 3.05) is 13.6 Å². The molecule has 0 fully saturated rings. The second kappa shape index (κ2) is 6.53. The molecule has 7 nitrogen and oxygen atoms in total. The number of nitrogens with one attached hydrogen (secondary N) is 3. The zero-order valence-corrected chi connectivity index (χ0v) is 12.3. The Morgan fingerprint density at radius 3 is 2.90 bits per heavy atom. The number of carbonyl (C=O) groups is 1. The molecule has 20 heavy (non-hydrogen) atoms. The predicted molar refractivity (Wildman–Crippen MR) is 77.5 cm³/mol. The lowest BCUT2D eigenvalue weighted by atomic mass is 10.1. The quantitative estimate of drug-likeness (QED) is 0.767. The van der Waals surface area contributed by atoms with E-state index < -0.39 is 0 Å². The Kier molecular flexibility index (Phi) is 5.29. The van der Waals surface area contributed by atoms with E-state index in [-0.39, 0.29) is 46.6 Å². The van der Waals surface area contributed by atoms with Gasteiger partial charge in [-0.15, -0.1) is 12.4 Å². The standard InChI is InChI=1S/C12H16N4O3.ClH/c1-6(13-3)4-14-10(17)8-7(2)19-12-9(8)11(18)15-5-16-12;/h5-6,13H,4H2,1-3H3,(H,14,17)(H,15,16,18);1H. The highest BCUT2D eigenvalue weighted by Crippen LogP contribution is 2.19. The molecule has 0 aliphatic heterocycles. The zero-order valence-electron chi connectivity index (χ0n) is 11.4. The van der Waals surface area contributed by atoms with Gasteiger partial charge < -0.3 is 20.0 Å². The van der Waals surface area contributed by atoms with Gasteiger partial charge in [0.25, 0.3) is 11.5 Å². The fourth-order valence-electron chi connectivity index (χ4n) is 1.76. The summed E-state index contributed by atoms with van der Waals surface area (Å²) in [7, 11) is 1.81. The monoisotopic (exact) mass is 300 g/mol. The molecule has 2 rings (SSSR count). The van der Waals surface area contributed by atoms with Crippen LogP contribution in [0.25, 0.3) is 11.1 Å². The van der Waals surface area contributed by atoms with Crippen molar-refractivity contribution in [3.05, 3.63) is 28.0 Å². The molecule has 8 heteroatoms. The second-order valence-corrected chi connectivity index (χ2v) is 4.34. The predicted octanol–water partition coefficient (Wildman–Crippen LogP) is 0.584. The van der Waals surface area contributed by atoms with Gasteiger partial charge in [-0.1, -0.05) is 0 Å².